The molecule has 0 bridgehead atoms. The van der Waals surface area contributed by atoms with Crippen molar-refractivity contribution in [3.8, 4) is 17.2 Å². The summed E-state index contributed by atoms with van der Waals surface area (Å²) in [5.41, 5.74) is 0.0516. The van der Waals surface area contributed by atoms with Gasteiger partial charge in [-0.15, -0.1) is 0 Å². The summed E-state index contributed by atoms with van der Waals surface area (Å²) in [7, 11) is 0. The Bertz CT molecular complexity index is 1420. The van der Waals surface area contributed by atoms with Crippen molar-refractivity contribution in [3.63, 3.8) is 0 Å². The van der Waals surface area contributed by atoms with Gasteiger partial charge in [0, 0.05) is 25.0 Å². The van der Waals surface area contributed by atoms with Crippen LogP contribution in [-0.2, 0) is 28.6 Å². The SMILES string of the molecule is C=CC(=O)OCCCOC1=CCC(C)(C(=O)Oc2ccc(OC(=O)c3ccc(OCCCOC(=O)C=C)cc3)c(C)c2)C=C1. The first-order valence-corrected chi connectivity index (χ1v) is 14.0. The molecule has 1 atom stereocenters. The molecule has 44 heavy (non-hydrogen) atoms. The van der Waals surface area contributed by atoms with Gasteiger partial charge in [-0.25, -0.2) is 14.4 Å². The molecular formula is C34H36O10. The standard InChI is InChI=1S/C34H36O10/c1-5-30(35)41-21-7-19-39-26-11-9-25(10-12-26)32(37)44-29-14-13-28(23-24(29)3)43-33(38)34(4)17-15-27(16-18-34)40-20-8-22-42-31(36)6-2/h5-6,9-17,23H,1-2,7-8,18-22H2,3-4H3. The minimum absolute atomic E-state index is 0.219. The Labute approximate surface area is 256 Å². The largest absolute Gasteiger partial charge is 0.494 e. The number of ether oxygens (including phenoxy) is 6. The molecule has 0 saturated heterocycles. The molecule has 1 aliphatic rings. The minimum atomic E-state index is -0.889. The predicted octanol–water partition coefficient (Wildman–Crippen LogP) is 5.60. The maximum absolute atomic E-state index is 13.0. The molecule has 1 aliphatic carbocycles. The van der Waals surface area contributed by atoms with Gasteiger partial charge in [0.05, 0.1) is 37.4 Å². The number of esters is 4. The summed E-state index contributed by atoms with van der Waals surface area (Å²) in [4.78, 5) is 47.8. The number of benzene rings is 2. The van der Waals surface area contributed by atoms with Crippen LogP contribution in [0.2, 0.25) is 0 Å². The van der Waals surface area contributed by atoms with E-state index < -0.39 is 29.3 Å². The average molecular weight is 605 g/mol. The van der Waals surface area contributed by atoms with Gasteiger partial charge < -0.3 is 28.4 Å². The lowest BCUT2D eigenvalue weighted by Crippen LogP contribution is -2.31. The summed E-state index contributed by atoms with van der Waals surface area (Å²) in [5.74, 6) is -0.117. The van der Waals surface area contributed by atoms with Crippen LogP contribution in [0.5, 0.6) is 17.2 Å². The van der Waals surface area contributed by atoms with Gasteiger partial charge in [0.1, 0.15) is 23.0 Å². The van der Waals surface area contributed by atoms with Gasteiger partial charge in [0.15, 0.2) is 0 Å². The second-order valence-electron chi connectivity index (χ2n) is 9.94. The topological polar surface area (TPSA) is 124 Å². The van der Waals surface area contributed by atoms with Crippen LogP contribution in [-0.4, -0.2) is 50.3 Å². The zero-order valence-electron chi connectivity index (χ0n) is 24.9. The lowest BCUT2D eigenvalue weighted by atomic mass is 9.83. The molecule has 0 aromatic heterocycles. The number of carbonyl (C=O) groups is 4. The monoisotopic (exact) mass is 604 g/mol. The molecule has 0 fully saturated rings. The zero-order valence-corrected chi connectivity index (χ0v) is 24.9. The number of hydrogen-bond donors (Lipinski definition) is 0. The number of hydrogen-bond acceptors (Lipinski definition) is 10. The molecule has 10 nitrogen and oxygen atoms in total. The number of allylic oxidation sites excluding steroid dienone is 2. The van der Waals surface area contributed by atoms with Crippen LogP contribution in [0.25, 0.3) is 0 Å². The summed E-state index contributed by atoms with van der Waals surface area (Å²) in [6, 6.07) is 11.2. The highest BCUT2D eigenvalue weighted by Crippen LogP contribution is 2.33. The fourth-order valence-electron chi connectivity index (χ4n) is 3.80. The normalized spacial score (nSPS) is 15.3. The fourth-order valence-corrected chi connectivity index (χ4v) is 3.80. The second-order valence-corrected chi connectivity index (χ2v) is 9.94. The number of rotatable bonds is 16. The maximum Gasteiger partial charge on any atom is 0.343 e. The van der Waals surface area contributed by atoms with E-state index in [1.165, 1.54) is 0 Å². The van der Waals surface area contributed by atoms with Crippen molar-refractivity contribution in [3.05, 3.63) is 103 Å². The van der Waals surface area contributed by atoms with Gasteiger partial charge in [-0.3, -0.25) is 4.79 Å². The minimum Gasteiger partial charge on any atom is -0.494 e. The van der Waals surface area contributed by atoms with Gasteiger partial charge >= 0.3 is 23.9 Å². The average Bonchev–Trinajstić information content (AvgIpc) is 3.02. The van der Waals surface area contributed by atoms with E-state index in [0.717, 1.165) is 12.2 Å². The van der Waals surface area contributed by atoms with Gasteiger partial charge in [0.25, 0.3) is 0 Å². The molecule has 0 saturated carbocycles. The maximum atomic E-state index is 13.0. The lowest BCUT2D eigenvalue weighted by molar-refractivity contribution is -0.142. The van der Waals surface area contributed by atoms with E-state index in [2.05, 4.69) is 13.2 Å². The van der Waals surface area contributed by atoms with Crippen LogP contribution in [0.1, 0.15) is 42.1 Å². The molecular weight excluding hydrogens is 568 g/mol. The van der Waals surface area contributed by atoms with Crippen molar-refractivity contribution in [1.82, 2.24) is 0 Å². The van der Waals surface area contributed by atoms with Crippen LogP contribution < -0.4 is 14.2 Å². The molecule has 3 rings (SSSR count). The molecule has 232 valence electrons. The third-order valence-electron chi connectivity index (χ3n) is 6.40. The van der Waals surface area contributed by atoms with Crippen molar-refractivity contribution in [1.29, 1.82) is 0 Å². The highest BCUT2D eigenvalue weighted by molar-refractivity contribution is 5.91. The predicted molar refractivity (Wildman–Crippen MR) is 161 cm³/mol. The van der Waals surface area contributed by atoms with Crippen LogP contribution in [0.15, 0.2) is 91.8 Å². The van der Waals surface area contributed by atoms with E-state index in [1.807, 2.05) is 6.08 Å². The van der Waals surface area contributed by atoms with Crippen LogP contribution in [0.4, 0.5) is 0 Å². The quantitative estimate of drug-likeness (QED) is 0.103. The number of aryl methyl sites for hydroxylation is 1. The molecule has 10 heteroatoms. The van der Waals surface area contributed by atoms with E-state index >= 15 is 0 Å². The summed E-state index contributed by atoms with van der Waals surface area (Å²) in [6.07, 6.45) is 8.89. The molecule has 0 N–H and O–H groups in total. The highest BCUT2D eigenvalue weighted by Gasteiger charge is 2.34. The zero-order chi connectivity index (χ0) is 32.0. The molecule has 0 amide bonds. The van der Waals surface area contributed by atoms with Gasteiger partial charge in [-0.1, -0.05) is 19.2 Å². The summed E-state index contributed by atoms with van der Waals surface area (Å²) in [6.45, 7) is 11.3. The van der Waals surface area contributed by atoms with Crippen LogP contribution in [0, 0.1) is 12.3 Å². The molecule has 2 aromatic carbocycles. The molecule has 0 heterocycles. The first kappa shape index (κ1) is 33.4. The smallest absolute Gasteiger partial charge is 0.343 e. The van der Waals surface area contributed by atoms with E-state index in [0.29, 0.717) is 66.6 Å². The third-order valence-corrected chi connectivity index (χ3v) is 6.40. The Morgan fingerprint density at radius 1 is 0.818 bits per heavy atom. The molecule has 0 radical (unpaired) electrons. The summed E-state index contributed by atoms with van der Waals surface area (Å²) in [5, 5.41) is 0. The van der Waals surface area contributed by atoms with Crippen LogP contribution in [0.3, 0.4) is 0 Å². The summed E-state index contributed by atoms with van der Waals surface area (Å²) < 4.78 is 32.2. The fraction of sp³-hybridized carbons (Fsp3) is 0.294. The highest BCUT2D eigenvalue weighted by atomic mass is 16.5. The van der Waals surface area contributed by atoms with E-state index in [1.54, 1.807) is 68.5 Å². The summed E-state index contributed by atoms with van der Waals surface area (Å²) >= 11 is 0. The Morgan fingerprint density at radius 3 is 2.00 bits per heavy atom. The van der Waals surface area contributed by atoms with E-state index in [4.69, 9.17) is 28.4 Å². The van der Waals surface area contributed by atoms with Crippen molar-refractivity contribution in [2.24, 2.45) is 5.41 Å². The Morgan fingerprint density at radius 2 is 1.43 bits per heavy atom. The van der Waals surface area contributed by atoms with Crippen molar-refractivity contribution in [2.75, 3.05) is 26.4 Å². The molecule has 0 aliphatic heterocycles. The molecule has 1 unspecified atom stereocenters. The van der Waals surface area contributed by atoms with Crippen LogP contribution >= 0.6 is 0 Å². The molecule has 2 aromatic rings. The molecule has 0 spiro atoms. The lowest BCUT2D eigenvalue weighted by Gasteiger charge is -2.25. The van der Waals surface area contributed by atoms with Crippen molar-refractivity contribution < 1.29 is 47.6 Å². The third kappa shape index (κ3) is 10.3. The first-order valence-electron chi connectivity index (χ1n) is 14.0. The number of carbonyl (C=O) groups excluding carboxylic acids is 4. The van der Waals surface area contributed by atoms with Gasteiger partial charge in [0.2, 0.25) is 0 Å². The van der Waals surface area contributed by atoms with Gasteiger partial charge in [-0.2, -0.15) is 0 Å². The Hall–Kier alpha value is -5.12. The Kier molecular flexibility index (Phi) is 12.5. The Balaban J connectivity index is 1.45. The van der Waals surface area contributed by atoms with Crippen molar-refractivity contribution in [2.45, 2.75) is 33.1 Å². The van der Waals surface area contributed by atoms with E-state index in [-0.39, 0.29) is 13.2 Å². The van der Waals surface area contributed by atoms with Gasteiger partial charge in [-0.05, 0) is 80.4 Å². The van der Waals surface area contributed by atoms with E-state index in [9.17, 15) is 19.2 Å². The van der Waals surface area contributed by atoms with Crippen molar-refractivity contribution >= 4 is 23.9 Å². The second kappa shape index (κ2) is 16.5. The first-order chi connectivity index (χ1) is 21.1.